The lowest BCUT2D eigenvalue weighted by Crippen LogP contribution is -2.23. The molecule has 0 aliphatic carbocycles. The average molecular weight is 365 g/mol. The highest BCUT2D eigenvalue weighted by Gasteiger charge is 2.12. The van der Waals surface area contributed by atoms with Crippen LogP contribution in [0.1, 0.15) is 5.69 Å². The van der Waals surface area contributed by atoms with Crippen molar-refractivity contribution in [1.29, 1.82) is 0 Å². The first-order chi connectivity index (χ1) is 12.6. The lowest BCUT2D eigenvalue weighted by Gasteiger charge is -2.07. The zero-order valence-corrected chi connectivity index (χ0v) is 14.9. The van der Waals surface area contributed by atoms with Gasteiger partial charge in [0.05, 0.1) is 12.2 Å². The zero-order valence-electron chi connectivity index (χ0n) is 14.2. The number of nitrogens with one attached hydrogen (secondary N) is 1. The third kappa shape index (κ3) is 3.09. The minimum atomic E-state index is -0.129. The largest absolute Gasteiger partial charge is 0.379 e. The summed E-state index contributed by atoms with van der Waals surface area (Å²) in [6.07, 6.45) is 3.59. The van der Waals surface area contributed by atoms with Crippen molar-refractivity contribution < 1.29 is 0 Å². The average Bonchev–Trinajstić information content (AvgIpc) is 3.09. The summed E-state index contributed by atoms with van der Waals surface area (Å²) in [5.74, 6) is 0. The molecule has 6 heteroatoms. The van der Waals surface area contributed by atoms with Gasteiger partial charge in [0.1, 0.15) is 0 Å². The Hall–Kier alpha value is -3.05. The van der Waals surface area contributed by atoms with E-state index in [9.17, 15) is 4.79 Å². The number of anilines is 1. The van der Waals surface area contributed by atoms with Gasteiger partial charge in [-0.15, -0.1) is 0 Å². The van der Waals surface area contributed by atoms with E-state index in [1.165, 1.54) is 0 Å². The van der Waals surface area contributed by atoms with Crippen molar-refractivity contribution in [3.8, 4) is 11.1 Å². The standard InChI is InChI=1S/C20H17ClN4O/c1-24-13-18(14-7-9-15(21)10-8-14)19-23-17(12-25(19)20(24)26)11-22-16-5-3-2-4-6-16/h2-10,12-13,22H,11H2,1H3. The lowest BCUT2D eigenvalue weighted by molar-refractivity contribution is 0.791. The molecule has 0 spiro atoms. The van der Waals surface area contributed by atoms with E-state index in [1.54, 1.807) is 22.2 Å². The molecule has 0 amide bonds. The highest BCUT2D eigenvalue weighted by Crippen LogP contribution is 2.24. The Morgan fingerprint density at radius 1 is 1.04 bits per heavy atom. The van der Waals surface area contributed by atoms with Crippen LogP contribution >= 0.6 is 11.6 Å². The molecule has 5 nitrogen and oxygen atoms in total. The molecule has 26 heavy (non-hydrogen) atoms. The third-order valence-electron chi connectivity index (χ3n) is 4.23. The van der Waals surface area contributed by atoms with E-state index >= 15 is 0 Å². The Bertz CT molecular complexity index is 1110. The molecule has 0 fully saturated rings. The monoisotopic (exact) mass is 364 g/mol. The fourth-order valence-corrected chi connectivity index (χ4v) is 3.03. The molecular formula is C20H17ClN4O. The predicted octanol–water partition coefficient (Wildman–Crippen LogP) is 3.97. The molecule has 2 heterocycles. The number of imidazole rings is 1. The summed E-state index contributed by atoms with van der Waals surface area (Å²) in [7, 11) is 1.74. The molecule has 1 N–H and O–H groups in total. The van der Waals surface area contributed by atoms with E-state index in [0.29, 0.717) is 17.2 Å². The first-order valence-corrected chi connectivity index (χ1v) is 8.62. The normalized spacial score (nSPS) is 11.0. The third-order valence-corrected chi connectivity index (χ3v) is 4.48. The molecule has 0 saturated heterocycles. The molecule has 4 aromatic rings. The minimum absolute atomic E-state index is 0.129. The summed E-state index contributed by atoms with van der Waals surface area (Å²) in [4.78, 5) is 17.2. The molecular weight excluding hydrogens is 348 g/mol. The van der Waals surface area contributed by atoms with E-state index in [0.717, 1.165) is 22.5 Å². The number of benzene rings is 2. The maximum absolute atomic E-state index is 12.5. The second-order valence-electron chi connectivity index (χ2n) is 6.09. The van der Waals surface area contributed by atoms with E-state index in [1.807, 2.05) is 60.8 Å². The Morgan fingerprint density at radius 3 is 2.50 bits per heavy atom. The summed E-state index contributed by atoms with van der Waals surface area (Å²) in [5.41, 5.74) is 4.16. The van der Waals surface area contributed by atoms with Crippen molar-refractivity contribution in [2.24, 2.45) is 7.05 Å². The summed E-state index contributed by atoms with van der Waals surface area (Å²) in [6, 6.07) is 17.4. The molecule has 0 atom stereocenters. The van der Waals surface area contributed by atoms with Crippen molar-refractivity contribution in [2.75, 3.05) is 5.32 Å². The van der Waals surface area contributed by atoms with Crippen LogP contribution in [0.5, 0.6) is 0 Å². The highest BCUT2D eigenvalue weighted by atomic mass is 35.5. The number of halogens is 1. The van der Waals surface area contributed by atoms with Crippen LogP contribution in [0.4, 0.5) is 5.69 Å². The van der Waals surface area contributed by atoms with Crippen LogP contribution in [0, 0.1) is 0 Å². The SMILES string of the molecule is Cn1cc(-c2ccc(Cl)cc2)c2nc(CNc3ccccc3)cn2c1=O. The number of para-hydroxylation sites is 1. The van der Waals surface area contributed by atoms with Crippen molar-refractivity contribution >= 4 is 22.9 Å². The lowest BCUT2D eigenvalue weighted by atomic mass is 10.1. The van der Waals surface area contributed by atoms with E-state index < -0.39 is 0 Å². The van der Waals surface area contributed by atoms with Gasteiger partial charge < -0.3 is 9.88 Å². The van der Waals surface area contributed by atoms with Crippen LogP contribution in [0.3, 0.4) is 0 Å². The molecule has 0 bridgehead atoms. The first-order valence-electron chi connectivity index (χ1n) is 8.24. The van der Waals surface area contributed by atoms with Crippen LogP contribution in [-0.2, 0) is 13.6 Å². The van der Waals surface area contributed by atoms with Gasteiger partial charge in [0, 0.05) is 35.7 Å². The van der Waals surface area contributed by atoms with Crippen LogP contribution in [0.25, 0.3) is 16.8 Å². The van der Waals surface area contributed by atoms with Gasteiger partial charge in [-0.25, -0.2) is 9.78 Å². The van der Waals surface area contributed by atoms with E-state index in [2.05, 4.69) is 10.3 Å². The molecule has 2 aromatic heterocycles. The van der Waals surface area contributed by atoms with E-state index in [4.69, 9.17) is 11.6 Å². The number of nitrogens with zero attached hydrogens (tertiary/aromatic N) is 3. The number of hydrogen-bond acceptors (Lipinski definition) is 3. The fourth-order valence-electron chi connectivity index (χ4n) is 2.91. The summed E-state index contributed by atoms with van der Waals surface area (Å²) >= 11 is 5.99. The molecule has 130 valence electrons. The van der Waals surface area contributed by atoms with Gasteiger partial charge in [-0.3, -0.25) is 4.40 Å². The van der Waals surface area contributed by atoms with Gasteiger partial charge in [-0.2, -0.15) is 0 Å². The minimum Gasteiger partial charge on any atom is -0.379 e. The van der Waals surface area contributed by atoms with Gasteiger partial charge in [-0.05, 0) is 29.8 Å². The highest BCUT2D eigenvalue weighted by molar-refractivity contribution is 6.30. The number of fused-ring (bicyclic) bond motifs is 1. The quantitative estimate of drug-likeness (QED) is 0.596. The smallest absolute Gasteiger partial charge is 0.333 e. The maximum Gasteiger partial charge on any atom is 0.333 e. The van der Waals surface area contributed by atoms with E-state index in [-0.39, 0.29) is 5.69 Å². The molecule has 2 aromatic carbocycles. The van der Waals surface area contributed by atoms with Crippen molar-refractivity contribution in [3.05, 3.63) is 88.2 Å². The number of aromatic nitrogens is 3. The van der Waals surface area contributed by atoms with Gasteiger partial charge in [0.2, 0.25) is 0 Å². The second-order valence-corrected chi connectivity index (χ2v) is 6.53. The molecule has 4 rings (SSSR count). The molecule has 0 unspecified atom stereocenters. The van der Waals surface area contributed by atoms with Crippen molar-refractivity contribution in [2.45, 2.75) is 6.54 Å². The Labute approximate surface area is 155 Å². The van der Waals surface area contributed by atoms with Gasteiger partial charge in [-0.1, -0.05) is 41.9 Å². The summed E-state index contributed by atoms with van der Waals surface area (Å²) < 4.78 is 3.15. The second kappa shape index (κ2) is 6.69. The van der Waals surface area contributed by atoms with Gasteiger partial charge >= 0.3 is 5.69 Å². The van der Waals surface area contributed by atoms with Crippen molar-refractivity contribution in [1.82, 2.24) is 14.0 Å². The van der Waals surface area contributed by atoms with Crippen LogP contribution in [0.15, 0.2) is 71.8 Å². The maximum atomic E-state index is 12.5. The Morgan fingerprint density at radius 2 is 1.77 bits per heavy atom. The van der Waals surface area contributed by atoms with Gasteiger partial charge in [0.25, 0.3) is 0 Å². The first kappa shape index (κ1) is 16.4. The van der Waals surface area contributed by atoms with Crippen LogP contribution < -0.4 is 11.0 Å². The summed E-state index contributed by atoms with van der Waals surface area (Å²) in [6.45, 7) is 0.537. The van der Waals surface area contributed by atoms with Crippen molar-refractivity contribution in [3.63, 3.8) is 0 Å². The van der Waals surface area contributed by atoms with Gasteiger partial charge in [0.15, 0.2) is 5.65 Å². The topological polar surface area (TPSA) is 51.3 Å². The number of aryl methyl sites for hydroxylation is 1. The number of hydrogen-bond donors (Lipinski definition) is 1. The predicted molar refractivity (Wildman–Crippen MR) is 105 cm³/mol. The Kier molecular flexibility index (Phi) is 4.22. The molecule has 0 saturated carbocycles. The van der Waals surface area contributed by atoms with Crippen LogP contribution in [-0.4, -0.2) is 14.0 Å². The molecule has 0 radical (unpaired) electrons. The Balaban J connectivity index is 1.76. The summed E-state index contributed by atoms with van der Waals surface area (Å²) in [5, 5.41) is 3.99. The zero-order chi connectivity index (χ0) is 18.1. The number of rotatable bonds is 4. The molecule has 0 aliphatic heterocycles. The van der Waals surface area contributed by atoms with Crippen LogP contribution in [0.2, 0.25) is 5.02 Å². The fraction of sp³-hybridized carbons (Fsp3) is 0.100. The molecule has 0 aliphatic rings.